The van der Waals surface area contributed by atoms with Gasteiger partial charge < -0.3 is 5.32 Å². The Labute approximate surface area is 147 Å². The summed E-state index contributed by atoms with van der Waals surface area (Å²) >= 11 is 4.97. The molecule has 23 heavy (non-hydrogen) atoms. The van der Waals surface area contributed by atoms with Gasteiger partial charge in [-0.05, 0) is 36.5 Å². The van der Waals surface area contributed by atoms with Crippen LogP contribution in [0.5, 0.6) is 0 Å². The summed E-state index contributed by atoms with van der Waals surface area (Å²) in [7, 11) is 0. The molecule has 3 rings (SSSR count). The maximum Gasteiger partial charge on any atom is 0.169 e. The highest BCUT2D eigenvalue weighted by Crippen LogP contribution is 2.24. The number of nitrogens with one attached hydrogen (secondary N) is 1. The molecular formula is C16H18BrN5S. The van der Waals surface area contributed by atoms with E-state index in [-0.39, 0.29) is 0 Å². The highest BCUT2D eigenvalue weighted by atomic mass is 79.9. The molecule has 2 heterocycles. The van der Waals surface area contributed by atoms with Crippen molar-refractivity contribution in [3.8, 4) is 0 Å². The van der Waals surface area contributed by atoms with Crippen molar-refractivity contribution in [3.63, 3.8) is 0 Å². The first kappa shape index (κ1) is 16.3. The van der Waals surface area contributed by atoms with Crippen LogP contribution in [0.2, 0.25) is 0 Å². The fourth-order valence-electron chi connectivity index (χ4n) is 2.36. The maximum absolute atomic E-state index is 4.43. The number of aromatic nitrogens is 4. The average Bonchev–Trinajstić information content (AvgIpc) is 2.96. The van der Waals surface area contributed by atoms with Crippen LogP contribution in [-0.2, 0) is 6.42 Å². The molecule has 2 aromatic heterocycles. The van der Waals surface area contributed by atoms with Crippen LogP contribution in [0.3, 0.4) is 0 Å². The second-order valence-electron chi connectivity index (χ2n) is 5.73. The molecule has 0 fully saturated rings. The van der Waals surface area contributed by atoms with E-state index in [2.05, 4.69) is 72.8 Å². The molecule has 0 aliphatic carbocycles. The number of halogens is 1. The van der Waals surface area contributed by atoms with Crippen LogP contribution in [0, 0.1) is 6.92 Å². The highest BCUT2D eigenvalue weighted by molar-refractivity contribution is 9.10. The molecule has 0 spiro atoms. The van der Waals surface area contributed by atoms with Crippen molar-refractivity contribution in [1.82, 2.24) is 19.6 Å². The van der Waals surface area contributed by atoms with E-state index in [0.29, 0.717) is 5.92 Å². The van der Waals surface area contributed by atoms with Crippen molar-refractivity contribution in [1.29, 1.82) is 0 Å². The van der Waals surface area contributed by atoms with E-state index in [0.717, 1.165) is 39.4 Å². The molecular weight excluding hydrogens is 374 g/mol. The third kappa shape index (κ3) is 3.67. The van der Waals surface area contributed by atoms with Crippen LogP contribution in [0.25, 0.3) is 10.3 Å². The van der Waals surface area contributed by atoms with Gasteiger partial charge >= 0.3 is 0 Å². The van der Waals surface area contributed by atoms with Crippen molar-refractivity contribution >= 4 is 43.6 Å². The minimum atomic E-state index is 0.535. The second-order valence-corrected chi connectivity index (χ2v) is 7.32. The lowest BCUT2D eigenvalue weighted by molar-refractivity contribution is 0.862. The summed E-state index contributed by atoms with van der Waals surface area (Å²) in [6, 6.07) is 6.59. The topological polar surface area (TPSA) is 63.6 Å². The Morgan fingerprint density at radius 3 is 2.83 bits per heavy atom. The van der Waals surface area contributed by atoms with E-state index in [4.69, 9.17) is 0 Å². The van der Waals surface area contributed by atoms with Crippen molar-refractivity contribution in [3.05, 3.63) is 39.6 Å². The lowest BCUT2D eigenvalue weighted by Crippen LogP contribution is -2.08. The number of fused-ring (bicyclic) bond motifs is 1. The molecule has 0 amide bonds. The largest absolute Gasteiger partial charge is 0.368 e. The lowest BCUT2D eigenvalue weighted by atomic mass is 10.0. The number of anilines is 1. The van der Waals surface area contributed by atoms with Gasteiger partial charge in [0.25, 0.3) is 0 Å². The molecule has 0 aliphatic heterocycles. The first-order chi connectivity index (χ1) is 11.0. The van der Waals surface area contributed by atoms with Crippen molar-refractivity contribution in [2.75, 3.05) is 11.9 Å². The zero-order valence-corrected chi connectivity index (χ0v) is 15.7. The minimum absolute atomic E-state index is 0.535. The maximum atomic E-state index is 4.43. The molecule has 7 heteroatoms. The Morgan fingerprint density at radius 1 is 1.26 bits per heavy atom. The predicted molar refractivity (Wildman–Crippen MR) is 98.2 cm³/mol. The zero-order valence-electron chi connectivity index (χ0n) is 13.3. The normalized spacial score (nSPS) is 11.3. The monoisotopic (exact) mass is 391 g/mol. The fraction of sp³-hybridized carbons (Fsp3) is 0.375. The van der Waals surface area contributed by atoms with Crippen LogP contribution in [0.1, 0.15) is 36.7 Å². The summed E-state index contributed by atoms with van der Waals surface area (Å²) in [5.74, 6) is 2.03. The molecule has 0 saturated heterocycles. The standard InChI is InChI=1S/C16H18BrN5S/c1-9(2)12-5-4-11(13(17)8-12)6-7-18-15-14-16(23-22-21-14)20-10(3)19-15/h4-5,8-9H,6-7H2,1-3H3,(H,18,19,20). The number of hydrogen-bond acceptors (Lipinski definition) is 6. The third-order valence-corrected chi connectivity index (χ3v) is 5.02. The molecule has 5 nitrogen and oxygen atoms in total. The van der Waals surface area contributed by atoms with Crippen molar-refractivity contribution < 1.29 is 0 Å². The van der Waals surface area contributed by atoms with Gasteiger partial charge in [0.2, 0.25) is 0 Å². The number of benzene rings is 1. The predicted octanol–water partition coefficient (Wildman–Crippen LogP) is 4.33. The fourth-order valence-corrected chi connectivity index (χ4v) is 3.55. The minimum Gasteiger partial charge on any atom is -0.368 e. The highest BCUT2D eigenvalue weighted by Gasteiger charge is 2.10. The Kier molecular flexibility index (Phi) is 4.87. The first-order valence-electron chi connectivity index (χ1n) is 7.53. The van der Waals surface area contributed by atoms with Crippen LogP contribution in [-0.4, -0.2) is 26.1 Å². The number of aryl methyl sites for hydroxylation is 1. The van der Waals surface area contributed by atoms with Gasteiger partial charge in [-0.25, -0.2) is 9.97 Å². The van der Waals surface area contributed by atoms with Gasteiger partial charge in [-0.1, -0.05) is 46.4 Å². The molecule has 0 saturated carbocycles. The summed E-state index contributed by atoms with van der Waals surface area (Å²) < 4.78 is 5.11. The van der Waals surface area contributed by atoms with Gasteiger partial charge in [0.05, 0.1) is 0 Å². The van der Waals surface area contributed by atoms with E-state index < -0.39 is 0 Å². The Hall–Kier alpha value is -1.60. The van der Waals surface area contributed by atoms with Gasteiger partial charge in [-0.2, -0.15) is 0 Å². The van der Waals surface area contributed by atoms with Crippen LogP contribution >= 0.6 is 27.5 Å². The van der Waals surface area contributed by atoms with E-state index in [1.807, 2.05) is 6.92 Å². The molecule has 1 N–H and O–H groups in total. The Bertz CT molecular complexity index is 830. The molecule has 0 aliphatic rings. The molecule has 120 valence electrons. The molecule has 3 aromatic rings. The van der Waals surface area contributed by atoms with E-state index >= 15 is 0 Å². The van der Waals surface area contributed by atoms with Crippen molar-refractivity contribution in [2.24, 2.45) is 0 Å². The Balaban J connectivity index is 1.70. The Morgan fingerprint density at radius 2 is 2.09 bits per heavy atom. The average molecular weight is 392 g/mol. The van der Waals surface area contributed by atoms with Gasteiger partial charge in [-0.15, -0.1) is 5.10 Å². The van der Waals surface area contributed by atoms with Crippen molar-refractivity contribution in [2.45, 2.75) is 33.1 Å². The smallest absolute Gasteiger partial charge is 0.169 e. The summed E-state index contributed by atoms with van der Waals surface area (Å²) in [6.07, 6.45) is 0.904. The number of hydrogen-bond donors (Lipinski definition) is 1. The van der Waals surface area contributed by atoms with Crippen LogP contribution in [0.15, 0.2) is 22.7 Å². The molecule has 0 unspecified atom stereocenters. The van der Waals surface area contributed by atoms with Gasteiger partial charge in [0.15, 0.2) is 16.2 Å². The molecule has 0 atom stereocenters. The molecule has 1 aromatic carbocycles. The molecule has 0 radical (unpaired) electrons. The lowest BCUT2D eigenvalue weighted by Gasteiger charge is -2.11. The third-order valence-electron chi connectivity index (χ3n) is 3.66. The summed E-state index contributed by atoms with van der Waals surface area (Å²) in [5, 5.41) is 7.47. The summed E-state index contributed by atoms with van der Waals surface area (Å²) in [4.78, 5) is 9.59. The van der Waals surface area contributed by atoms with E-state index in [1.165, 1.54) is 22.7 Å². The summed E-state index contributed by atoms with van der Waals surface area (Å²) in [6.45, 7) is 7.06. The molecule has 0 bridgehead atoms. The SMILES string of the molecule is Cc1nc(NCCc2ccc(C(C)C)cc2Br)c2nnsc2n1. The quantitative estimate of drug-likeness (QED) is 0.700. The van der Waals surface area contributed by atoms with E-state index in [1.54, 1.807) is 0 Å². The van der Waals surface area contributed by atoms with Crippen LogP contribution < -0.4 is 5.32 Å². The second kappa shape index (κ2) is 6.88. The van der Waals surface area contributed by atoms with E-state index in [9.17, 15) is 0 Å². The number of nitrogens with zero attached hydrogens (tertiary/aromatic N) is 4. The zero-order chi connectivity index (χ0) is 16.4. The number of rotatable bonds is 5. The van der Waals surface area contributed by atoms with Gasteiger partial charge in [0, 0.05) is 22.5 Å². The summed E-state index contributed by atoms with van der Waals surface area (Å²) in [5.41, 5.74) is 3.37. The van der Waals surface area contributed by atoms with Gasteiger partial charge in [-0.3, -0.25) is 0 Å². The first-order valence-corrected chi connectivity index (χ1v) is 9.10. The van der Waals surface area contributed by atoms with Gasteiger partial charge in [0.1, 0.15) is 5.82 Å². The van der Waals surface area contributed by atoms with Crippen LogP contribution in [0.4, 0.5) is 5.82 Å².